The minimum Gasteiger partial charge on any atom is -0.329 e. The molecule has 0 saturated carbocycles. The summed E-state index contributed by atoms with van der Waals surface area (Å²) in [6, 6.07) is 1.51. The molecule has 0 radical (unpaired) electrons. The van der Waals surface area contributed by atoms with Gasteiger partial charge in [0.05, 0.1) is 0 Å². The van der Waals surface area contributed by atoms with E-state index in [2.05, 4.69) is 9.80 Å². The quantitative estimate of drug-likeness (QED) is 0.755. The highest BCUT2D eigenvalue weighted by Gasteiger charge is 2.39. The lowest BCUT2D eigenvalue weighted by molar-refractivity contribution is -0.0243. The van der Waals surface area contributed by atoms with E-state index in [4.69, 9.17) is 5.73 Å². The van der Waals surface area contributed by atoms with Gasteiger partial charge in [-0.2, -0.15) is 0 Å². The highest BCUT2D eigenvalue weighted by atomic mass is 15.3. The molecule has 0 aromatic carbocycles. The lowest BCUT2D eigenvalue weighted by Crippen LogP contribution is -2.61. The fourth-order valence-electron chi connectivity index (χ4n) is 4.02. The van der Waals surface area contributed by atoms with Gasteiger partial charge in [-0.25, -0.2) is 0 Å². The summed E-state index contributed by atoms with van der Waals surface area (Å²) in [5.74, 6) is 0.970. The van der Waals surface area contributed by atoms with Gasteiger partial charge < -0.3 is 10.6 Å². The number of likely N-dealkylation sites (tertiary alicyclic amines) is 1. The van der Waals surface area contributed by atoms with Crippen molar-refractivity contribution >= 4 is 0 Å². The van der Waals surface area contributed by atoms with Gasteiger partial charge in [0.1, 0.15) is 0 Å². The molecule has 0 aromatic heterocycles. The van der Waals surface area contributed by atoms with Crippen molar-refractivity contribution in [2.75, 3.05) is 32.7 Å². The Kier molecular flexibility index (Phi) is 3.18. The predicted octanol–water partition coefficient (Wildman–Crippen LogP) is 0.894. The molecule has 4 aliphatic heterocycles. The Bertz CT molecular complexity index is 231. The van der Waals surface area contributed by atoms with Crippen LogP contribution in [0.2, 0.25) is 0 Å². The Hall–Kier alpha value is -0.120. The molecule has 4 aliphatic rings. The van der Waals surface area contributed by atoms with E-state index in [1.165, 1.54) is 58.3 Å². The maximum Gasteiger partial charge on any atom is 0.0255 e. The molecule has 3 nitrogen and oxygen atoms in total. The van der Waals surface area contributed by atoms with E-state index in [-0.39, 0.29) is 0 Å². The third kappa shape index (κ3) is 1.89. The highest BCUT2D eigenvalue weighted by Crippen LogP contribution is 2.33. The van der Waals surface area contributed by atoms with Crippen molar-refractivity contribution in [2.45, 2.75) is 44.2 Å². The van der Waals surface area contributed by atoms with Crippen LogP contribution in [0.15, 0.2) is 0 Å². The second kappa shape index (κ2) is 4.63. The predicted molar refractivity (Wildman–Crippen MR) is 66.4 cm³/mol. The van der Waals surface area contributed by atoms with Gasteiger partial charge in [0, 0.05) is 25.2 Å². The molecule has 2 unspecified atom stereocenters. The summed E-state index contributed by atoms with van der Waals surface area (Å²) in [7, 11) is 0. The molecular formula is C13H25N3. The fraction of sp³-hybridized carbons (Fsp3) is 1.00. The van der Waals surface area contributed by atoms with Crippen molar-refractivity contribution in [1.82, 2.24) is 9.80 Å². The van der Waals surface area contributed by atoms with Crippen LogP contribution in [0.1, 0.15) is 32.1 Å². The number of nitrogens with two attached hydrogens (primary N) is 1. The van der Waals surface area contributed by atoms with Crippen LogP contribution in [-0.2, 0) is 0 Å². The lowest BCUT2D eigenvalue weighted by Gasteiger charge is -2.52. The second-order valence-electron chi connectivity index (χ2n) is 5.83. The topological polar surface area (TPSA) is 32.5 Å². The van der Waals surface area contributed by atoms with Gasteiger partial charge in [0.2, 0.25) is 0 Å². The first kappa shape index (κ1) is 11.0. The van der Waals surface area contributed by atoms with Crippen molar-refractivity contribution < 1.29 is 0 Å². The Labute approximate surface area is 99.0 Å². The number of piperidine rings is 4. The van der Waals surface area contributed by atoms with Gasteiger partial charge in [0.25, 0.3) is 0 Å². The maximum atomic E-state index is 5.94. The van der Waals surface area contributed by atoms with E-state index in [0.717, 1.165) is 18.5 Å². The maximum absolute atomic E-state index is 5.94. The molecule has 0 amide bonds. The lowest BCUT2D eigenvalue weighted by atomic mass is 9.81. The van der Waals surface area contributed by atoms with Crippen molar-refractivity contribution in [3.8, 4) is 0 Å². The molecule has 4 heterocycles. The Morgan fingerprint density at radius 3 is 2.44 bits per heavy atom. The molecule has 0 aliphatic carbocycles. The largest absolute Gasteiger partial charge is 0.329 e. The first-order valence-corrected chi connectivity index (χ1v) is 7.06. The van der Waals surface area contributed by atoms with E-state index >= 15 is 0 Å². The van der Waals surface area contributed by atoms with Crippen LogP contribution in [0, 0.1) is 5.92 Å². The van der Waals surface area contributed by atoms with E-state index < -0.39 is 0 Å². The average molecular weight is 223 g/mol. The minimum absolute atomic E-state index is 0.680. The molecule has 4 fully saturated rings. The fourth-order valence-corrected chi connectivity index (χ4v) is 4.02. The van der Waals surface area contributed by atoms with Crippen LogP contribution < -0.4 is 5.73 Å². The zero-order chi connectivity index (χ0) is 11.0. The Morgan fingerprint density at radius 2 is 1.81 bits per heavy atom. The minimum atomic E-state index is 0.680. The highest BCUT2D eigenvalue weighted by molar-refractivity contribution is 4.95. The molecule has 3 heteroatoms. The molecule has 0 aromatic rings. The van der Waals surface area contributed by atoms with Gasteiger partial charge in [-0.3, -0.25) is 4.90 Å². The van der Waals surface area contributed by atoms with Gasteiger partial charge in [-0.05, 0) is 51.2 Å². The molecule has 16 heavy (non-hydrogen) atoms. The summed E-state index contributed by atoms with van der Waals surface area (Å²) in [6.07, 6.45) is 6.97. The van der Waals surface area contributed by atoms with Crippen molar-refractivity contribution in [1.29, 1.82) is 0 Å². The van der Waals surface area contributed by atoms with Gasteiger partial charge >= 0.3 is 0 Å². The molecular weight excluding hydrogens is 198 g/mol. The number of fused-ring (bicyclic) bond motifs is 3. The SMILES string of the molecule is NCC1CCCCN1C1CN2CCC1CC2. The second-order valence-corrected chi connectivity index (χ2v) is 5.83. The summed E-state index contributed by atoms with van der Waals surface area (Å²) in [5, 5.41) is 0. The first-order chi connectivity index (χ1) is 7.88. The molecule has 2 atom stereocenters. The Balaban J connectivity index is 1.70. The number of hydrogen-bond donors (Lipinski definition) is 1. The molecule has 4 rings (SSSR count). The summed E-state index contributed by atoms with van der Waals surface area (Å²) in [4.78, 5) is 5.42. The smallest absolute Gasteiger partial charge is 0.0255 e. The van der Waals surface area contributed by atoms with Crippen LogP contribution in [0.3, 0.4) is 0 Å². The average Bonchev–Trinajstić information content (AvgIpc) is 2.40. The van der Waals surface area contributed by atoms with Crippen LogP contribution >= 0.6 is 0 Å². The molecule has 2 bridgehead atoms. The molecule has 2 N–H and O–H groups in total. The monoisotopic (exact) mass is 223 g/mol. The Morgan fingerprint density at radius 1 is 1.00 bits per heavy atom. The summed E-state index contributed by atoms with van der Waals surface area (Å²) < 4.78 is 0. The molecule has 4 saturated heterocycles. The van der Waals surface area contributed by atoms with Crippen LogP contribution in [0.4, 0.5) is 0 Å². The van der Waals surface area contributed by atoms with E-state index in [0.29, 0.717) is 6.04 Å². The van der Waals surface area contributed by atoms with E-state index in [1.807, 2.05) is 0 Å². The third-order valence-corrected chi connectivity index (χ3v) is 4.99. The summed E-state index contributed by atoms with van der Waals surface area (Å²) in [5.41, 5.74) is 5.94. The summed E-state index contributed by atoms with van der Waals surface area (Å²) >= 11 is 0. The van der Waals surface area contributed by atoms with Crippen molar-refractivity contribution in [3.63, 3.8) is 0 Å². The van der Waals surface area contributed by atoms with Crippen molar-refractivity contribution in [2.24, 2.45) is 11.7 Å². The number of hydrogen-bond acceptors (Lipinski definition) is 3. The molecule has 0 spiro atoms. The number of rotatable bonds is 2. The number of nitrogens with zero attached hydrogens (tertiary/aromatic N) is 2. The van der Waals surface area contributed by atoms with Crippen LogP contribution in [0.25, 0.3) is 0 Å². The zero-order valence-electron chi connectivity index (χ0n) is 10.3. The van der Waals surface area contributed by atoms with Crippen molar-refractivity contribution in [3.05, 3.63) is 0 Å². The zero-order valence-corrected chi connectivity index (χ0v) is 10.3. The normalized spacial score (nSPS) is 44.8. The van der Waals surface area contributed by atoms with Gasteiger partial charge in [0.15, 0.2) is 0 Å². The third-order valence-electron chi connectivity index (χ3n) is 4.99. The van der Waals surface area contributed by atoms with Gasteiger partial charge in [-0.1, -0.05) is 6.42 Å². The molecule has 92 valence electrons. The van der Waals surface area contributed by atoms with Crippen LogP contribution in [-0.4, -0.2) is 54.6 Å². The van der Waals surface area contributed by atoms with E-state index in [1.54, 1.807) is 0 Å². The first-order valence-electron chi connectivity index (χ1n) is 7.06. The standard InChI is InChI=1S/C13H25N3/c14-9-12-3-1-2-6-16(12)13-10-15-7-4-11(13)5-8-15/h11-13H,1-10,14H2. The van der Waals surface area contributed by atoms with Gasteiger partial charge in [-0.15, -0.1) is 0 Å². The summed E-state index contributed by atoms with van der Waals surface area (Å²) in [6.45, 7) is 6.19. The van der Waals surface area contributed by atoms with E-state index in [9.17, 15) is 0 Å². The van der Waals surface area contributed by atoms with Crippen LogP contribution in [0.5, 0.6) is 0 Å².